The molecule has 0 saturated heterocycles. The number of aromatic nitrogens is 2. The lowest BCUT2D eigenvalue weighted by atomic mass is 10.0. The van der Waals surface area contributed by atoms with E-state index in [9.17, 15) is 4.39 Å². The molecule has 1 aromatic heterocycles. The van der Waals surface area contributed by atoms with Crippen molar-refractivity contribution in [2.45, 2.75) is 46.6 Å². The molecule has 21 heavy (non-hydrogen) atoms. The molecule has 2 rings (SSSR count). The van der Waals surface area contributed by atoms with Crippen molar-refractivity contribution < 1.29 is 4.39 Å². The highest BCUT2D eigenvalue weighted by atomic mass is 19.1. The summed E-state index contributed by atoms with van der Waals surface area (Å²) in [7, 11) is 0. The molecule has 0 aliphatic rings. The predicted molar refractivity (Wildman–Crippen MR) is 85.8 cm³/mol. The highest BCUT2D eigenvalue weighted by Crippen LogP contribution is 2.28. The average molecular weight is 291 g/mol. The van der Waals surface area contributed by atoms with Crippen LogP contribution in [-0.4, -0.2) is 28.0 Å². The van der Waals surface area contributed by atoms with Crippen molar-refractivity contribution in [3.63, 3.8) is 0 Å². The van der Waals surface area contributed by atoms with Crippen molar-refractivity contribution >= 4 is 11.0 Å². The van der Waals surface area contributed by atoms with Crippen LogP contribution < -0.4 is 0 Å². The predicted octanol–water partition coefficient (Wildman–Crippen LogP) is 4.52. The van der Waals surface area contributed by atoms with Gasteiger partial charge in [-0.15, -0.1) is 0 Å². The molecule has 1 unspecified atom stereocenters. The van der Waals surface area contributed by atoms with Gasteiger partial charge in [0.25, 0.3) is 0 Å². The summed E-state index contributed by atoms with van der Waals surface area (Å²) in [6.07, 6.45) is 2.25. The van der Waals surface area contributed by atoms with Crippen molar-refractivity contribution in [2.75, 3.05) is 13.1 Å². The lowest BCUT2D eigenvalue weighted by molar-refractivity contribution is 0.149. The maximum Gasteiger partial charge on any atom is 0.125 e. The van der Waals surface area contributed by atoms with Gasteiger partial charge in [0.1, 0.15) is 11.6 Å². The fraction of sp³-hybridized carbons (Fsp3) is 0.588. The Labute approximate surface area is 126 Å². The summed E-state index contributed by atoms with van der Waals surface area (Å²) in [6, 6.07) is 4.98. The van der Waals surface area contributed by atoms with Gasteiger partial charge in [-0.1, -0.05) is 27.7 Å². The first-order valence-corrected chi connectivity index (χ1v) is 7.96. The van der Waals surface area contributed by atoms with E-state index in [1.54, 1.807) is 6.07 Å². The lowest BCUT2D eigenvalue weighted by Crippen LogP contribution is -2.34. The van der Waals surface area contributed by atoms with Crippen LogP contribution in [0.3, 0.4) is 0 Å². The minimum absolute atomic E-state index is 0.224. The number of rotatable bonds is 7. The zero-order chi connectivity index (χ0) is 15.4. The maximum absolute atomic E-state index is 13.3. The van der Waals surface area contributed by atoms with E-state index in [0.717, 1.165) is 42.8 Å². The second kappa shape index (κ2) is 7.03. The number of hydrogen-bond acceptors (Lipinski definition) is 2. The fourth-order valence-electron chi connectivity index (χ4n) is 3.02. The number of imidazole rings is 1. The molecule has 116 valence electrons. The Kier molecular flexibility index (Phi) is 5.34. The van der Waals surface area contributed by atoms with Gasteiger partial charge in [0.15, 0.2) is 0 Å². The molecule has 1 N–H and O–H groups in total. The molecular weight excluding hydrogens is 265 g/mol. The minimum atomic E-state index is -0.224. The Morgan fingerprint density at radius 2 is 1.86 bits per heavy atom. The van der Waals surface area contributed by atoms with Gasteiger partial charge >= 0.3 is 0 Å². The smallest absolute Gasteiger partial charge is 0.125 e. The first kappa shape index (κ1) is 16.0. The summed E-state index contributed by atoms with van der Waals surface area (Å²) >= 11 is 0. The van der Waals surface area contributed by atoms with Gasteiger partial charge in [-0.3, -0.25) is 4.90 Å². The van der Waals surface area contributed by atoms with Crippen LogP contribution in [0.2, 0.25) is 0 Å². The summed E-state index contributed by atoms with van der Waals surface area (Å²) in [6.45, 7) is 11.0. The molecule has 0 fully saturated rings. The number of hydrogen-bond donors (Lipinski definition) is 1. The Hall–Kier alpha value is -1.42. The van der Waals surface area contributed by atoms with Crippen molar-refractivity contribution in [2.24, 2.45) is 5.92 Å². The second-order valence-electron chi connectivity index (χ2n) is 6.01. The first-order chi connectivity index (χ1) is 10.1. The third kappa shape index (κ3) is 3.62. The summed E-state index contributed by atoms with van der Waals surface area (Å²) in [5.41, 5.74) is 1.62. The van der Waals surface area contributed by atoms with Gasteiger partial charge in [0.2, 0.25) is 0 Å². The largest absolute Gasteiger partial charge is 0.341 e. The maximum atomic E-state index is 13.3. The number of fused-ring (bicyclic) bond motifs is 1. The quantitative estimate of drug-likeness (QED) is 0.813. The zero-order valence-electron chi connectivity index (χ0n) is 13.5. The van der Waals surface area contributed by atoms with Crippen molar-refractivity contribution in [3.05, 3.63) is 29.8 Å². The first-order valence-electron chi connectivity index (χ1n) is 7.96. The van der Waals surface area contributed by atoms with Crippen LogP contribution in [-0.2, 0) is 0 Å². The minimum Gasteiger partial charge on any atom is -0.341 e. The van der Waals surface area contributed by atoms with Crippen LogP contribution in [0, 0.1) is 11.7 Å². The molecule has 0 radical (unpaired) electrons. The lowest BCUT2D eigenvalue weighted by Gasteiger charge is -2.32. The summed E-state index contributed by atoms with van der Waals surface area (Å²) in [4.78, 5) is 10.5. The molecule has 0 aliphatic heterocycles. The van der Waals surface area contributed by atoms with Crippen LogP contribution >= 0.6 is 0 Å². The molecule has 0 spiro atoms. The highest BCUT2D eigenvalue weighted by Gasteiger charge is 2.25. The molecule has 1 atom stereocenters. The Morgan fingerprint density at radius 1 is 1.19 bits per heavy atom. The van der Waals surface area contributed by atoms with E-state index in [1.165, 1.54) is 12.1 Å². The standard InChI is InChI=1S/C17H26FN3/c1-5-9-21(10-6-2)16(12(3)4)17-19-14-8-7-13(18)11-15(14)20-17/h7-8,11-12,16H,5-6,9-10H2,1-4H3,(H,19,20). The summed E-state index contributed by atoms with van der Waals surface area (Å²) < 4.78 is 13.3. The van der Waals surface area contributed by atoms with Gasteiger partial charge in [-0.05, 0) is 50.0 Å². The number of nitrogens with one attached hydrogen (secondary N) is 1. The average Bonchev–Trinajstić information content (AvgIpc) is 2.81. The summed E-state index contributed by atoms with van der Waals surface area (Å²) in [5.74, 6) is 1.18. The fourth-order valence-corrected chi connectivity index (χ4v) is 3.02. The Morgan fingerprint density at radius 3 is 2.43 bits per heavy atom. The van der Waals surface area contributed by atoms with E-state index in [-0.39, 0.29) is 11.9 Å². The van der Waals surface area contributed by atoms with E-state index in [0.29, 0.717) is 5.92 Å². The van der Waals surface area contributed by atoms with Crippen LogP contribution in [0.15, 0.2) is 18.2 Å². The number of halogens is 1. The third-order valence-corrected chi connectivity index (χ3v) is 3.79. The third-order valence-electron chi connectivity index (χ3n) is 3.79. The molecule has 0 aliphatic carbocycles. The number of aromatic amines is 1. The molecule has 2 aromatic rings. The van der Waals surface area contributed by atoms with E-state index in [1.807, 2.05) is 0 Å². The van der Waals surface area contributed by atoms with Gasteiger partial charge in [0.05, 0.1) is 17.1 Å². The van der Waals surface area contributed by atoms with E-state index < -0.39 is 0 Å². The molecule has 1 heterocycles. The Bertz CT molecular complexity index is 570. The number of nitrogens with zero attached hydrogens (tertiary/aromatic N) is 2. The zero-order valence-corrected chi connectivity index (χ0v) is 13.5. The summed E-state index contributed by atoms with van der Waals surface area (Å²) in [5, 5.41) is 0. The van der Waals surface area contributed by atoms with Gasteiger partial charge in [0, 0.05) is 0 Å². The normalized spacial score (nSPS) is 13.5. The second-order valence-corrected chi connectivity index (χ2v) is 6.01. The molecule has 0 amide bonds. The topological polar surface area (TPSA) is 31.9 Å². The van der Waals surface area contributed by atoms with E-state index in [4.69, 9.17) is 4.98 Å². The van der Waals surface area contributed by atoms with E-state index >= 15 is 0 Å². The molecule has 3 nitrogen and oxygen atoms in total. The van der Waals surface area contributed by atoms with Crippen molar-refractivity contribution in [3.8, 4) is 0 Å². The van der Waals surface area contributed by atoms with Gasteiger partial charge in [-0.25, -0.2) is 9.37 Å². The molecule has 1 aromatic carbocycles. The van der Waals surface area contributed by atoms with Gasteiger partial charge in [-0.2, -0.15) is 0 Å². The van der Waals surface area contributed by atoms with Gasteiger partial charge < -0.3 is 4.98 Å². The van der Waals surface area contributed by atoms with Crippen molar-refractivity contribution in [1.82, 2.24) is 14.9 Å². The van der Waals surface area contributed by atoms with Crippen LogP contribution in [0.25, 0.3) is 11.0 Å². The highest BCUT2D eigenvalue weighted by molar-refractivity contribution is 5.75. The molecular formula is C17H26FN3. The van der Waals surface area contributed by atoms with Crippen LogP contribution in [0.1, 0.15) is 52.4 Å². The van der Waals surface area contributed by atoms with Crippen LogP contribution in [0.5, 0.6) is 0 Å². The van der Waals surface area contributed by atoms with E-state index in [2.05, 4.69) is 37.6 Å². The monoisotopic (exact) mass is 291 g/mol. The van der Waals surface area contributed by atoms with Crippen LogP contribution in [0.4, 0.5) is 4.39 Å². The molecule has 4 heteroatoms. The molecule has 0 saturated carbocycles. The Balaban J connectivity index is 2.38. The number of benzene rings is 1. The number of H-pyrrole nitrogens is 1. The van der Waals surface area contributed by atoms with Crippen molar-refractivity contribution in [1.29, 1.82) is 0 Å². The molecule has 0 bridgehead atoms. The SMILES string of the molecule is CCCN(CCC)C(c1nc2ccc(F)cc2[nH]1)C(C)C.